The van der Waals surface area contributed by atoms with Gasteiger partial charge in [0.15, 0.2) is 11.6 Å². The summed E-state index contributed by atoms with van der Waals surface area (Å²) in [6.07, 6.45) is 2.07. The Morgan fingerprint density at radius 3 is 2.75 bits per heavy atom. The van der Waals surface area contributed by atoms with E-state index in [1.54, 1.807) is 0 Å². The average Bonchev–Trinajstić information content (AvgIpc) is 2.60. The van der Waals surface area contributed by atoms with Crippen LogP contribution >= 0.6 is 0 Å². The lowest BCUT2D eigenvalue weighted by atomic mass is 9.92. The Labute approximate surface area is 141 Å². The van der Waals surface area contributed by atoms with Crippen LogP contribution in [0.3, 0.4) is 0 Å². The van der Waals surface area contributed by atoms with Gasteiger partial charge in [0.2, 0.25) is 0 Å². The maximum absolute atomic E-state index is 13.8. The average molecular weight is 332 g/mol. The van der Waals surface area contributed by atoms with Crippen molar-refractivity contribution in [2.45, 2.75) is 31.5 Å². The minimum Gasteiger partial charge on any atom is -0.493 e. The van der Waals surface area contributed by atoms with E-state index in [9.17, 15) is 8.78 Å². The fourth-order valence-corrected chi connectivity index (χ4v) is 3.33. The molecule has 0 amide bonds. The molecule has 0 saturated carbocycles. The molecule has 5 heteroatoms. The van der Waals surface area contributed by atoms with Crippen molar-refractivity contribution in [1.29, 1.82) is 0 Å². The number of hydrogen-bond acceptors (Lipinski definition) is 3. The zero-order chi connectivity index (χ0) is 16.9. The van der Waals surface area contributed by atoms with Crippen molar-refractivity contribution in [3.8, 4) is 5.75 Å². The summed E-state index contributed by atoms with van der Waals surface area (Å²) in [4.78, 5) is 0. The molecule has 1 aliphatic rings. The molecule has 2 atom stereocenters. The van der Waals surface area contributed by atoms with Crippen molar-refractivity contribution >= 4 is 0 Å². The quantitative estimate of drug-likeness (QED) is 0.878. The maximum Gasteiger partial charge on any atom is 0.168 e. The Morgan fingerprint density at radius 1 is 1.21 bits per heavy atom. The monoisotopic (exact) mass is 332 g/mol. The molecule has 2 N–H and O–H groups in total. The van der Waals surface area contributed by atoms with Crippen molar-refractivity contribution in [1.82, 2.24) is 10.6 Å². The van der Waals surface area contributed by atoms with E-state index >= 15 is 0 Å². The number of ether oxygens (including phenoxy) is 1. The Bertz CT molecular complexity index is 679. The van der Waals surface area contributed by atoms with E-state index in [0.29, 0.717) is 12.1 Å². The number of rotatable bonds is 5. The molecule has 3 rings (SSSR count). The Morgan fingerprint density at radius 2 is 2.00 bits per heavy atom. The maximum atomic E-state index is 13.8. The molecule has 128 valence electrons. The molecule has 1 saturated heterocycles. The van der Waals surface area contributed by atoms with Gasteiger partial charge in [-0.1, -0.05) is 30.3 Å². The minimum atomic E-state index is -0.671. The number of nitrogens with one attached hydrogen (secondary N) is 2. The van der Waals surface area contributed by atoms with Gasteiger partial charge in [0, 0.05) is 30.3 Å². The van der Waals surface area contributed by atoms with Crippen LogP contribution in [0.4, 0.5) is 8.78 Å². The van der Waals surface area contributed by atoms with Gasteiger partial charge in [-0.25, -0.2) is 8.78 Å². The van der Waals surface area contributed by atoms with Crippen molar-refractivity contribution in [3.63, 3.8) is 0 Å². The van der Waals surface area contributed by atoms with E-state index < -0.39 is 11.6 Å². The van der Waals surface area contributed by atoms with Gasteiger partial charge in [-0.3, -0.25) is 0 Å². The third kappa shape index (κ3) is 3.74. The normalized spacial score (nSPS) is 20.8. The lowest BCUT2D eigenvalue weighted by molar-refractivity contribution is 0.301. The summed E-state index contributed by atoms with van der Waals surface area (Å²) in [5, 5.41) is 6.97. The van der Waals surface area contributed by atoms with Gasteiger partial charge in [0.05, 0.1) is 7.11 Å². The fraction of sp³-hybridized carbons (Fsp3) is 0.368. The summed E-state index contributed by atoms with van der Waals surface area (Å²) >= 11 is 0. The largest absolute Gasteiger partial charge is 0.493 e. The smallest absolute Gasteiger partial charge is 0.168 e. The molecular formula is C19H22F2N2O. The molecule has 0 radical (unpaired) electrons. The zero-order valence-corrected chi connectivity index (χ0v) is 13.7. The van der Waals surface area contributed by atoms with Gasteiger partial charge < -0.3 is 15.4 Å². The highest BCUT2D eigenvalue weighted by molar-refractivity contribution is 5.35. The van der Waals surface area contributed by atoms with Crippen molar-refractivity contribution in [2.24, 2.45) is 0 Å². The van der Waals surface area contributed by atoms with Gasteiger partial charge in [0.25, 0.3) is 0 Å². The highest BCUT2D eigenvalue weighted by Gasteiger charge is 2.26. The van der Waals surface area contributed by atoms with Crippen LogP contribution in [-0.4, -0.2) is 19.7 Å². The first-order valence-corrected chi connectivity index (χ1v) is 8.22. The first-order valence-electron chi connectivity index (χ1n) is 8.22. The molecule has 0 aliphatic carbocycles. The third-order valence-electron chi connectivity index (χ3n) is 4.46. The number of hydrogen-bond donors (Lipinski definition) is 2. The predicted octanol–water partition coefficient (Wildman–Crippen LogP) is 3.56. The van der Waals surface area contributed by atoms with E-state index in [2.05, 4.69) is 22.8 Å². The van der Waals surface area contributed by atoms with Gasteiger partial charge in [-0.15, -0.1) is 0 Å². The summed E-state index contributed by atoms with van der Waals surface area (Å²) in [7, 11) is 1.40. The van der Waals surface area contributed by atoms with E-state index in [1.807, 2.05) is 18.2 Å². The second-order valence-electron chi connectivity index (χ2n) is 6.05. The van der Waals surface area contributed by atoms with Crippen LogP contribution in [0.5, 0.6) is 5.75 Å². The molecule has 3 nitrogen and oxygen atoms in total. The fourth-order valence-electron chi connectivity index (χ4n) is 3.33. The first kappa shape index (κ1) is 16.9. The van der Waals surface area contributed by atoms with Crippen LogP contribution in [0.25, 0.3) is 0 Å². The van der Waals surface area contributed by atoms with Gasteiger partial charge in [0.1, 0.15) is 5.82 Å². The zero-order valence-electron chi connectivity index (χ0n) is 13.7. The number of methoxy groups -OCH3 is 1. The lowest BCUT2D eigenvalue weighted by Crippen LogP contribution is -2.45. The van der Waals surface area contributed by atoms with Crippen molar-refractivity contribution in [3.05, 3.63) is 65.2 Å². The molecule has 0 spiro atoms. The van der Waals surface area contributed by atoms with Crippen LogP contribution < -0.4 is 15.4 Å². The number of halogens is 2. The van der Waals surface area contributed by atoms with Crippen LogP contribution in [0, 0.1) is 11.6 Å². The molecule has 1 aliphatic heterocycles. The molecule has 24 heavy (non-hydrogen) atoms. The minimum absolute atomic E-state index is 0.101. The topological polar surface area (TPSA) is 33.3 Å². The van der Waals surface area contributed by atoms with Crippen LogP contribution in [0.2, 0.25) is 0 Å². The second-order valence-corrected chi connectivity index (χ2v) is 6.05. The SMILES string of the molecule is COc1c(F)cc(F)cc1CNC1CCCNC1c1ccccc1. The predicted molar refractivity (Wildman–Crippen MR) is 90.0 cm³/mol. The Hall–Kier alpha value is -1.98. The van der Waals surface area contributed by atoms with Crippen molar-refractivity contribution in [2.75, 3.05) is 13.7 Å². The lowest BCUT2D eigenvalue weighted by Gasteiger charge is -2.34. The van der Waals surface area contributed by atoms with Crippen molar-refractivity contribution < 1.29 is 13.5 Å². The number of benzene rings is 2. The summed E-state index contributed by atoms with van der Waals surface area (Å²) in [5.74, 6) is -1.16. The molecule has 2 aromatic rings. The van der Waals surface area contributed by atoms with Crippen LogP contribution in [0.15, 0.2) is 42.5 Å². The van der Waals surface area contributed by atoms with Crippen LogP contribution in [0.1, 0.15) is 30.0 Å². The highest BCUT2D eigenvalue weighted by atomic mass is 19.1. The molecular weight excluding hydrogens is 310 g/mol. The van der Waals surface area contributed by atoms with Gasteiger partial charge >= 0.3 is 0 Å². The molecule has 2 unspecified atom stereocenters. The standard InChI is InChI=1S/C19H22F2N2O/c1-24-19-14(10-15(20)11-16(19)21)12-23-17-8-5-9-22-18(17)13-6-3-2-4-7-13/h2-4,6-7,10-11,17-18,22-23H,5,8-9,12H2,1H3. The van der Waals surface area contributed by atoms with E-state index in [-0.39, 0.29) is 17.8 Å². The van der Waals surface area contributed by atoms with Crippen LogP contribution in [-0.2, 0) is 6.54 Å². The first-order chi connectivity index (χ1) is 11.7. The molecule has 0 bridgehead atoms. The summed E-state index contributed by atoms with van der Waals surface area (Å²) in [6.45, 7) is 1.32. The summed E-state index contributed by atoms with van der Waals surface area (Å²) in [6, 6.07) is 12.8. The number of piperidine rings is 1. The van der Waals surface area contributed by atoms with E-state index in [0.717, 1.165) is 25.5 Å². The van der Waals surface area contributed by atoms with Gasteiger partial charge in [-0.05, 0) is 31.0 Å². The second kappa shape index (κ2) is 7.73. The highest BCUT2D eigenvalue weighted by Crippen LogP contribution is 2.27. The molecule has 0 aromatic heterocycles. The summed E-state index contributed by atoms with van der Waals surface area (Å²) < 4.78 is 32.4. The summed E-state index contributed by atoms with van der Waals surface area (Å²) in [5.41, 5.74) is 1.71. The molecule has 1 fully saturated rings. The van der Waals surface area contributed by atoms with E-state index in [1.165, 1.54) is 18.7 Å². The molecule has 2 aromatic carbocycles. The third-order valence-corrected chi connectivity index (χ3v) is 4.46. The Kier molecular flexibility index (Phi) is 5.43. The van der Waals surface area contributed by atoms with E-state index in [4.69, 9.17) is 4.74 Å². The van der Waals surface area contributed by atoms with Gasteiger partial charge in [-0.2, -0.15) is 0 Å². The molecule has 1 heterocycles. The Balaban J connectivity index is 1.75.